The Morgan fingerprint density at radius 2 is 0.651 bits per heavy atom. The number of methoxy groups -OCH3 is 1. The first-order valence-corrected chi connectivity index (χ1v) is 30.1. The zero-order valence-electron chi connectivity index (χ0n) is 49.7. The molecule has 3 saturated carbocycles. The van der Waals surface area contributed by atoms with Crippen molar-refractivity contribution >= 4 is 59.7 Å². The van der Waals surface area contributed by atoms with Crippen LogP contribution in [0.3, 0.4) is 0 Å². The van der Waals surface area contributed by atoms with Crippen molar-refractivity contribution < 1.29 is 100 Å². The molecule has 3 fully saturated rings. The van der Waals surface area contributed by atoms with Crippen molar-refractivity contribution in [3.05, 3.63) is 83.9 Å². The van der Waals surface area contributed by atoms with Gasteiger partial charge in [0.1, 0.15) is 51.2 Å². The van der Waals surface area contributed by atoms with Gasteiger partial charge in [0.2, 0.25) is 0 Å². The highest BCUT2D eigenvalue weighted by atomic mass is 16.6. The van der Waals surface area contributed by atoms with Gasteiger partial charge in [0, 0.05) is 6.08 Å². The molecule has 466 valence electrons. The van der Waals surface area contributed by atoms with Crippen LogP contribution >= 0.6 is 0 Å². The fourth-order valence-electron chi connectivity index (χ4n) is 10.1. The van der Waals surface area contributed by atoms with Gasteiger partial charge >= 0.3 is 59.7 Å². The summed E-state index contributed by atoms with van der Waals surface area (Å²) in [5, 5.41) is 0. The summed E-state index contributed by atoms with van der Waals surface area (Å²) in [6.07, 6.45) is 9.98. The summed E-state index contributed by atoms with van der Waals surface area (Å²) >= 11 is 0. The van der Waals surface area contributed by atoms with Crippen LogP contribution in [0.4, 0.5) is 0 Å². The van der Waals surface area contributed by atoms with E-state index >= 15 is 0 Å². The maximum atomic E-state index is 13.6. The quantitative estimate of drug-likeness (QED) is 0.0197. The molecule has 0 aliphatic heterocycles. The number of hydrogen-bond acceptors (Lipinski definition) is 21. The van der Waals surface area contributed by atoms with Crippen LogP contribution in [0, 0.1) is 35.5 Å². The molecule has 0 saturated heterocycles. The summed E-state index contributed by atoms with van der Waals surface area (Å²) in [4.78, 5) is 131. The number of benzene rings is 3. The Hall–Kier alpha value is -8.10. The van der Waals surface area contributed by atoms with E-state index < -0.39 is 83.3 Å². The highest BCUT2D eigenvalue weighted by Crippen LogP contribution is 2.37. The highest BCUT2D eigenvalue weighted by molar-refractivity contribution is 5.96. The second-order valence-electron chi connectivity index (χ2n) is 21.6. The minimum Gasteiger partial charge on any atom is -0.497 e. The monoisotopic (exact) mass is 1200 g/mol. The molecule has 3 aromatic rings. The average Bonchev–Trinajstić information content (AvgIpc) is 3.10. The molecule has 0 amide bonds. The van der Waals surface area contributed by atoms with Gasteiger partial charge in [-0.15, -0.1) is 0 Å². The minimum atomic E-state index is -0.791. The molecule has 21 nitrogen and oxygen atoms in total. The van der Waals surface area contributed by atoms with Crippen LogP contribution in [0.5, 0.6) is 34.5 Å². The molecular weight excluding hydrogens is 1120 g/mol. The molecule has 21 heteroatoms. The Morgan fingerprint density at radius 1 is 0.372 bits per heavy atom. The lowest BCUT2D eigenvalue weighted by atomic mass is 9.82. The first kappa shape index (κ1) is 67.0. The van der Waals surface area contributed by atoms with E-state index in [1.807, 2.05) is 20.8 Å². The standard InChI is InChI=1S/C65H80O21/c1-6-10-33-79-63(73)50-38-47(76-5)27-30-53(50)84-61(71)45-23-25-46(26-24-45)62(72)86-55-32-29-49(40-52(55)65(75)81-35-12-8-3)83-59(69)43-21-19-42(20-22-43)58(68)82-48-28-31-54(51(39-48)64(74)80-34-11-7-2)85-60(70)44-17-15-41(16-18-44)57(67)78-37-14-13-36-77-56(66)9-4/h9,27-32,38-46H,4,6-8,10-26,33-37H2,1-3,5H3. The first-order valence-electron chi connectivity index (χ1n) is 30.1. The number of esters is 10. The van der Waals surface area contributed by atoms with Crippen molar-refractivity contribution in [2.75, 3.05) is 40.1 Å². The van der Waals surface area contributed by atoms with E-state index in [0.717, 1.165) is 25.3 Å². The van der Waals surface area contributed by atoms with Gasteiger partial charge in [-0.3, -0.25) is 28.8 Å². The number of hydrogen-bond donors (Lipinski definition) is 0. The van der Waals surface area contributed by atoms with Crippen LogP contribution in [-0.4, -0.2) is 99.8 Å². The summed E-state index contributed by atoms with van der Waals surface area (Å²) < 4.78 is 60.7. The van der Waals surface area contributed by atoms with Crippen LogP contribution in [0.1, 0.15) is 180 Å². The van der Waals surface area contributed by atoms with Crippen molar-refractivity contribution in [1.82, 2.24) is 0 Å². The van der Waals surface area contributed by atoms with Gasteiger partial charge in [0.25, 0.3) is 0 Å². The minimum absolute atomic E-state index is 0.00531. The molecule has 0 unspecified atom stereocenters. The molecule has 0 atom stereocenters. The van der Waals surface area contributed by atoms with E-state index in [-0.39, 0.29) is 129 Å². The highest BCUT2D eigenvalue weighted by Gasteiger charge is 2.37. The van der Waals surface area contributed by atoms with E-state index in [1.165, 1.54) is 55.6 Å². The van der Waals surface area contributed by atoms with Crippen molar-refractivity contribution in [1.29, 1.82) is 0 Å². The van der Waals surface area contributed by atoms with Crippen molar-refractivity contribution in [2.45, 2.75) is 149 Å². The fraction of sp³-hybridized carbons (Fsp3) is 0.538. The van der Waals surface area contributed by atoms with Gasteiger partial charge in [-0.25, -0.2) is 19.2 Å². The molecule has 6 rings (SSSR count). The molecule has 86 heavy (non-hydrogen) atoms. The zero-order chi connectivity index (χ0) is 62.0. The predicted molar refractivity (Wildman–Crippen MR) is 307 cm³/mol. The average molecular weight is 1200 g/mol. The number of ether oxygens (including phenoxy) is 11. The fourth-order valence-corrected chi connectivity index (χ4v) is 10.1. The number of carbonyl (C=O) groups excluding carboxylic acids is 10. The normalized spacial score (nSPS) is 19.0. The lowest BCUT2D eigenvalue weighted by molar-refractivity contribution is -0.152. The summed E-state index contributed by atoms with van der Waals surface area (Å²) in [6, 6.07) is 12.6. The molecule has 0 N–H and O–H groups in total. The van der Waals surface area contributed by atoms with E-state index in [9.17, 15) is 47.9 Å². The number of carbonyl (C=O) groups is 10. The van der Waals surface area contributed by atoms with Gasteiger partial charge < -0.3 is 52.1 Å². The third kappa shape index (κ3) is 20.3. The van der Waals surface area contributed by atoms with E-state index in [1.54, 1.807) is 6.07 Å². The summed E-state index contributed by atoms with van der Waals surface area (Å²) in [6.45, 7) is 9.95. The second kappa shape index (κ2) is 34.8. The first-order chi connectivity index (χ1) is 41.5. The molecular formula is C65H80O21. The third-order valence-corrected chi connectivity index (χ3v) is 15.4. The zero-order valence-corrected chi connectivity index (χ0v) is 49.7. The van der Waals surface area contributed by atoms with Crippen molar-refractivity contribution in [3.63, 3.8) is 0 Å². The second-order valence-corrected chi connectivity index (χ2v) is 21.6. The molecule has 0 bridgehead atoms. The Bertz CT molecular complexity index is 2850. The topological polar surface area (TPSA) is 272 Å². The maximum Gasteiger partial charge on any atom is 0.342 e. The van der Waals surface area contributed by atoms with Crippen molar-refractivity contribution in [2.24, 2.45) is 35.5 Å². The SMILES string of the molecule is C=CC(=O)OCCCCOC(=O)C1CCC(C(=O)Oc2ccc(OC(=O)C3CCC(C(=O)Oc4ccc(OC(=O)C5CCC(C(=O)Oc6ccc(OC)cc6C(=O)OCCCC)CC5)c(C(=O)OCCCC)c4)CC3)cc2C(=O)OCCCC)CC1. The smallest absolute Gasteiger partial charge is 0.342 e. The molecule has 0 spiro atoms. The lowest BCUT2D eigenvalue weighted by Crippen LogP contribution is -2.31. The van der Waals surface area contributed by atoms with Crippen molar-refractivity contribution in [3.8, 4) is 34.5 Å². The molecule has 3 aromatic carbocycles. The molecule has 0 radical (unpaired) electrons. The van der Waals surface area contributed by atoms with Crippen LogP contribution in [0.25, 0.3) is 0 Å². The Balaban J connectivity index is 0.997. The molecule has 0 aromatic heterocycles. The third-order valence-electron chi connectivity index (χ3n) is 15.4. The van der Waals surface area contributed by atoms with Crippen LogP contribution in [0.15, 0.2) is 67.3 Å². The predicted octanol–water partition coefficient (Wildman–Crippen LogP) is 11.0. The molecule has 0 heterocycles. The van der Waals surface area contributed by atoms with Gasteiger partial charge in [0.15, 0.2) is 0 Å². The van der Waals surface area contributed by atoms with Crippen LogP contribution < -0.4 is 28.4 Å². The van der Waals surface area contributed by atoms with Gasteiger partial charge in [-0.2, -0.15) is 0 Å². The van der Waals surface area contributed by atoms with Gasteiger partial charge in [0.05, 0.1) is 75.7 Å². The van der Waals surface area contributed by atoms with Gasteiger partial charge in [-0.1, -0.05) is 46.6 Å². The van der Waals surface area contributed by atoms with Gasteiger partial charge in [-0.05, 0) is 164 Å². The summed E-state index contributed by atoms with van der Waals surface area (Å²) in [5.74, 6) is -9.14. The Morgan fingerprint density at radius 3 is 0.965 bits per heavy atom. The summed E-state index contributed by atoms with van der Waals surface area (Å²) in [5.41, 5.74) is -0.195. The lowest BCUT2D eigenvalue weighted by Gasteiger charge is -2.26. The maximum absolute atomic E-state index is 13.6. The molecule has 3 aliphatic carbocycles. The van der Waals surface area contributed by atoms with E-state index in [4.69, 9.17) is 52.1 Å². The largest absolute Gasteiger partial charge is 0.497 e. The number of rotatable bonds is 30. The summed E-state index contributed by atoms with van der Waals surface area (Å²) in [7, 11) is 1.45. The Labute approximate surface area is 501 Å². The van der Waals surface area contributed by atoms with Crippen LogP contribution in [0.2, 0.25) is 0 Å². The Kier molecular flexibility index (Phi) is 27.1. The van der Waals surface area contributed by atoms with E-state index in [2.05, 4.69) is 6.58 Å². The number of unbranched alkanes of at least 4 members (excludes halogenated alkanes) is 4. The van der Waals surface area contributed by atoms with E-state index in [0.29, 0.717) is 76.4 Å². The molecule has 3 aliphatic rings. The van der Waals surface area contributed by atoms with Crippen LogP contribution in [-0.2, 0) is 57.2 Å².